The maximum Gasteiger partial charge on any atom is 0.201 e. The molecule has 2 N–H and O–H groups in total. The van der Waals surface area contributed by atoms with Crippen molar-refractivity contribution in [1.29, 1.82) is 0 Å². The van der Waals surface area contributed by atoms with Crippen molar-refractivity contribution in [2.75, 3.05) is 18.4 Å². The Balaban J connectivity index is 1.47. The van der Waals surface area contributed by atoms with Crippen LogP contribution in [0.3, 0.4) is 0 Å². The molecule has 0 bridgehead atoms. The zero-order valence-corrected chi connectivity index (χ0v) is 10.4. The van der Waals surface area contributed by atoms with E-state index in [1.54, 1.807) is 0 Å². The van der Waals surface area contributed by atoms with Crippen LogP contribution in [0.5, 0.6) is 0 Å². The number of para-hydroxylation sites is 2. The van der Waals surface area contributed by atoms with Gasteiger partial charge in [0.2, 0.25) is 5.95 Å². The highest BCUT2D eigenvalue weighted by Crippen LogP contribution is 2.30. The third-order valence-corrected chi connectivity index (χ3v) is 4.01. The lowest BCUT2D eigenvalue weighted by Crippen LogP contribution is -2.28. The lowest BCUT2D eigenvalue weighted by atomic mass is 10.3. The highest BCUT2D eigenvalue weighted by atomic mass is 15.2. The van der Waals surface area contributed by atoms with Crippen LogP contribution in [0.15, 0.2) is 24.3 Å². The van der Waals surface area contributed by atoms with Crippen LogP contribution >= 0.6 is 0 Å². The van der Waals surface area contributed by atoms with Gasteiger partial charge in [-0.05, 0) is 31.4 Å². The van der Waals surface area contributed by atoms with Gasteiger partial charge in [0.15, 0.2) is 0 Å². The molecule has 0 radical (unpaired) electrons. The molecule has 1 aromatic heterocycles. The Bertz CT molecular complexity index is 525. The molecule has 1 aliphatic carbocycles. The summed E-state index contributed by atoms with van der Waals surface area (Å²) in [7, 11) is 0. The number of aromatic amines is 1. The van der Waals surface area contributed by atoms with E-state index in [0.29, 0.717) is 6.04 Å². The Morgan fingerprint density at radius 2 is 2.11 bits per heavy atom. The topological polar surface area (TPSA) is 44.0 Å². The lowest BCUT2D eigenvalue weighted by molar-refractivity contribution is 0.326. The van der Waals surface area contributed by atoms with Crippen LogP contribution in [-0.2, 0) is 0 Å². The Kier molecular flexibility index (Phi) is 2.30. The fourth-order valence-corrected chi connectivity index (χ4v) is 2.89. The van der Waals surface area contributed by atoms with Crippen molar-refractivity contribution >= 4 is 17.0 Å². The first-order chi connectivity index (χ1) is 8.88. The van der Waals surface area contributed by atoms with Crippen molar-refractivity contribution in [2.24, 2.45) is 0 Å². The second-order valence-electron chi connectivity index (χ2n) is 5.46. The smallest absolute Gasteiger partial charge is 0.201 e. The zero-order chi connectivity index (χ0) is 11.9. The molecule has 18 heavy (non-hydrogen) atoms. The van der Waals surface area contributed by atoms with Gasteiger partial charge in [0.1, 0.15) is 0 Å². The minimum atomic E-state index is 0.547. The Hall–Kier alpha value is -1.55. The summed E-state index contributed by atoms with van der Waals surface area (Å²) in [5.41, 5.74) is 2.15. The van der Waals surface area contributed by atoms with Gasteiger partial charge in [0.25, 0.3) is 0 Å². The van der Waals surface area contributed by atoms with Crippen molar-refractivity contribution in [1.82, 2.24) is 14.9 Å². The summed E-state index contributed by atoms with van der Waals surface area (Å²) < 4.78 is 0. The molecular weight excluding hydrogens is 224 g/mol. The van der Waals surface area contributed by atoms with Crippen LogP contribution in [0.4, 0.5) is 5.95 Å². The summed E-state index contributed by atoms with van der Waals surface area (Å²) in [5, 5.41) is 3.53. The van der Waals surface area contributed by atoms with E-state index in [2.05, 4.69) is 26.3 Å². The lowest BCUT2D eigenvalue weighted by Gasteiger charge is -2.15. The van der Waals surface area contributed by atoms with Gasteiger partial charge in [0.05, 0.1) is 11.0 Å². The summed E-state index contributed by atoms with van der Waals surface area (Å²) in [6, 6.07) is 9.60. The molecule has 1 aromatic carbocycles. The van der Waals surface area contributed by atoms with Crippen LogP contribution in [0.2, 0.25) is 0 Å². The van der Waals surface area contributed by atoms with E-state index in [4.69, 9.17) is 0 Å². The van der Waals surface area contributed by atoms with Crippen LogP contribution in [0, 0.1) is 0 Å². The van der Waals surface area contributed by atoms with Gasteiger partial charge in [-0.2, -0.15) is 0 Å². The van der Waals surface area contributed by atoms with Gasteiger partial charge in [-0.25, -0.2) is 4.98 Å². The van der Waals surface area contributed by atoms with Crippen molar-refractivity contribution < 1.29 is 0 Å². The fraction of sp³-hybridized carbons (Fsp3) is 0.500. The van der Waals surface area contributed by atoms with Crippen LogP contribution in [-0.4, -0.2) is 40.0 Å². The molecule has 4 nitrogen and oxygen atoms in total. The van der Waals surface area contributed by atoms with Crippen LogP contribution in [0.25, 0.3) is 11.0 Å². The Morgan fingerprint density at radius 1 is 1.22 bits per heavy atom. The number of fused-ring (bicyclic) bond motifs is 1. The standard InChI is InChI=1S/C14H18N4/c1-2-4-13-12(3-1)16-14(17-13)15-10-7-8-18(9-10)11-5-6-11/h1-4,10-11H,5-9H2,(H2,15,16,17). The SMILES string of the molecule is c1ccc2[nH]c(NC3CCN(C4CC4)C3)nc2c1. The van der Waals surface area contributed by atoms with Crippen molar-refractivity contribution in [3.63, 3.8) is 0 Å². The Morgan fingerprint density at radius 3 is 2.94 bits per heavy atom. The summed E-state index contributed by atoms with van der Waals surface area (Å²) >= 11 is 0. The quantitative estimate of drug-likeness (QED) is 0.867. The van der Waals surface area contributed by atoms with Crippen molar-refractivity contribution in [3.8, 4) is 0 Å². The van der Waals surface area contributed by atoms with Gasteiger partial charge < -0.3 is 10.3 Å². The van der Waals surface area contributed by atoms with E-state index in [1.165, 1.54) is 32.4 Å². The molecule has 0 amide bonds. The van der Waals surface area contributed by atoms with Crippen LogP contribution in [0.1, 0.15) is 19.3 Å². The monoisotopic (exact) mass is 242 g/mol. The Labute approximate surface area is 106 Å². The van der Waals surface area contributed by atoms with Gasteiger partial charge >= 0.3 is 0 Å². The summed E-state index contributed by atoms with van der Waals surface area (Å²) in [4.78, 5) is 10.5. The maximum absolute atomic E-state index is 4.58. The summed E-state index contributed by atoms with van der Waals surface area (Å²) in [5.74, 6) is 0.916. The second kappa shape index (κ2) is 3.99. The predicted octanol–water partition coefficient (Wildman–Crippen LogP) is 2.21. The second-order valence-corrected chi connectivity index (χ2v) is 5.46. The van der Waals surface area contributed by atoms with E-state index in [9.17, 15) is 0 Å². The minimum Gasteiger partial charge on any atom is -0.352 e. The highest BCUT2D eigenvalue weighted by molar-refractivity contribution is 5.77. The van der Waals surface area contributed by atoms with Gasteiger partial charge in [0, 0.05) is 25.2 Å². The molecule has 1 saturated heterocycles. The van der Waals surface area contributed by atoms with Gasteiger partial charge in [-0.3, -0.25) is 4.90 Å². The third-order valence-electron chi connectivity index (χ3n) is 4.01. The van der Waals surface area contributed by atoms with Gasteiger partial charge in [-0.15, -0.1) is 0 Å². The van der Waals surface area contributed by atoms with E-state index >= 15 is 0 Å². The average molecular weight is 242 g/mol. The summed E-state index contributed by atoms with van der Waals surface area (Å²) in [6.45, 7) is 2.41. The molecule has 4 heteroatoms. The molecule has 94 valence electrons. The highest BCUT2D eigenvalue weighted by Gasteiger charge is 2.34. The first-order valence-electron chi connectivity index (χ1n) is 6.84. The number of hydrogen-bond acceptors (Lipinski definition) is 3. The number of nitrogens with zero attached hydrogens (tertiary/aromatic N) is 2. The third kappa shape index (κ3) is 1.86. The van der Waals surface area contributed by atoms with Crippen molar-refractivity contribution in [3.05, 3.63) is 24.3 Å². The molecule has 1 atom stereocenters. The maximum atomic E-state index is 4.58. The summed E-state index contributed by atoms with van der Waals surface area (Å²) in [6.07, 6.45) is 4.03. The molecule has 0 spiro atoms. The largest absolute Gasteiger partial charge is 0.352 e. The molecular formula is C14H18N4. The van der Waals surface area contributed by atoms with E-state index in [0.717, 1.165) is 23.0 Å². The molecule has 2 heterocycles. The molecule has 2 fully saturated rings. The first-order valence-corrected chi connectivity index (χ1v) is 6.84. The number of hydrogen-bond donors (Lipinski definition) is 2. The fourth-order valence-electron chi connectivity index (χ4n) is 2.89. The van der Waals surface area contributed by atoms with Crippen molar-refractivity contribution in [2.45, 2.75) is 31.3 Å². The number of nitrogens with one attached hydrogen (secondary N) is 2. The average Bonchev–Trinajstić information content (AvgIpc) is 2.99. The number of rotatable bonds is 3. The molecule has 4 rings (SSSR count). The molecule has 1 saturated carbocycles. The predicted molar refractivity (Wildman–Crippen MR) is 72.7 cm³/mol. The molecule has 1 unspecified atom stereocenters. The number of H-pyrrole nitrogens is 1. The van der Waals surface area contributed by atoms with E-state index in [-0.39, 0.29) is 0 Å². The normalized spacial score (nSPS) is 24.8. The number of likely N-dealkylation sites (tertiary alicyclic amines) is 1. The number of benzene rings is 1. The number of imidazole rings is 1. The number of anilines is 1. The van der Waals surface area contributed by atoms with Gasteiger partial charge in [-0.1, -0.05) is 12.1 Å². The minimum absolute atomic E-state index is 0.547. The first kappa shape index (κ1) is 10.4. The van der Waals surface area contributed by atoms with E-state index in [1.807, 2.05) is 18.2 Å². The van der Waals surface area contributed by atoms with Crippen LogP contribution < -0.4 is 5.32 Å². The molecule has 1 aliphatic heterocycles. The zero-order valence-electron chi connectivity index (χ0n) is 10.4. The number of aromatic nitrogens is 2. The molecule has 2 aliphatic rings. The molecule has 2 aromatic rings. The van der Waals surface area contributed by atoms with E-state index < -0.39 is 0 Å².